The fourth-order valence-electron chi connectivity index (χ4n) is 4.46. The van der Waals surface area contributed by atoms with Crippen LogP contribution in [-0.2, 0) is 11.3 Å². The molecular formula is C30H27N3O4. The van der Waals surface area contributed by atoms with Crippen molar-refractivity contribution >= 4 is 12.1 Å². The van der Waals surface area contributed by atoms with Crippen molar-refractivity contribution < 1.29 is 19.0 Å². The fraction of sp³-hybridized carbons (Fsp3) is 0.200. The van der Waals surface area contributed by atoms with E-state index in [9.17, 15) is 10.4 Å². The minimum absolute atomic E-state index is 0.111. The number of nitriles is 1. The van der Waals surface area contributed by atoms with Gasteiger partial charge in [-0.3, -0.25) is 4.90 Å². The van der Waals surface area contributed by atoms with Gasteiger partial charge in [0.05, 0.1) is 20.3 Å². The first kappa shape index (κ1) is 24.3. The second kappa shape index (κ2) is 11.1. The summed E-state index contributed by atoms with van der Waals surface area (Å²) in [6.07, 6.45) is 1.63. The van der Waals surface area contributed by atoms with Crippen LogP contribution < -0.4 is 4.74 Å². The van der Waals surface area contributed by atoms with Crippen molar-refractivity contribution in [1.82, 2.24) is 4.90 Å². The number of phenolic OH excluding ortho intramolecular Hbond substituents is 1. The second-order valence-corrected chi connectivity index (χ2v) is 8.71. The number of aromatic hydroxyl groups is 1. The molecule has 1 aliphatic heterocycles. The lowest BCUT2D eigenvalue weighted by atomic mass is 9.98. The fourth-order valence-corrected chi connectivity index (χ4v) is 4.46. The van der Waals surface area contributed by atoms with Gasteiger partial charge >= 0.3 is 0 Å². The summed E-state index contributed by atoms with van der Waals surface area (Å²) in [7, 11) is 1.52. The van der Waals surface area contributed by atoms with E-state index in [-0.39, 0.29) is 11.6 Å². The number of hydrogen-bond donors (Lipinski definition) is 1. The molecule has 0 saturated carbocycles. The third-order valence-electron chi connectivity index (χ3n) is 6.32. The molecule has 0 amide bonds. The number of nitrogens with zero attached hydrogens (tertiary/aromatic N) is 3. The average molecular weight is 494 g/mol. The van der Waals surface area contributed by atoms with Gasteiger partial charge in [-0.2, -0.15) is 5.26 Å². The molecule has 0 radical (unpaired) electrons. The zero-order chi connectivity index (χ0) is 25.6. The summed E-state index contributed by atoms with van der Waals surface area (Å²) in [5, 5.41) is 20.8. The van der Waals surface area contributed by atoms with Crippen LogP contribution in [0.2, 0.25) is 0 Å². The van der Waals surface area contributed by atoms with Crippen LogP contribution in [0.25, 0.3) is 22.5 Å². The maximum Gasteiger partial charge on any atom is 0.238 e. The number of methoxy groups -OCH3 is 1. The van der Waals surface area contributed by atoms with Gasteiger partial charge in [-0.05, 0) is 23.3 Å². The van der Waals surface area contributed by atoms with Crippen molar-refractivity contribution in [3.8, 4) is 40.0 Å². The Morgan fingerprint density at radius 1 is 1.03 bits per heavy atom. The van der Waals surface area contributed by atoms with E-state index >= 15 is 0 Å². The van der Waals surface area contributed by atoms with Crippen LogP contribution in [0.3, 0.4) is 0 Å². The predicted octanol–water partition coefficient (Wildman–Crippen LogP) is 5.78. The van der Waals surface area contributed by atoms with Crippen LogP contribution in [0.1, 0.15) is 16.7 Å². The lowest BCUT2D eigenvalue weighted by Gasteiger charge is -2.27. The molecular weight excluding hydrogens is 466 g/mol. The van der Waals surface area contributed by atoms with Gasteiger partial charge < -0.3 is 19.0 Å². The van der Waals surface area contributed by atoms with Gasteiger partial charge in [0.1, 0.15) is 17.4 Å². The van der Waals surface area contributed by atoms with Crippen molar-refractivity contribution in [2.45, 2.75) is 6.54 Å². The van der Waals surface area contributed by atoms with E-state index in [1.165, 1.54) is 7.11 Å². The summed E-state index contributed by atoms with van der Waals surface area (Å²) in [5.74, 6) is 1.29. The number of benzene rings is 3. The average Bonchev–Trinajstić information content (AvgIpc) is 3.33. The van der Waals surface area contributed by atoms with E-state index in [1.807, 2.05) is 66.7 Å². The van der Waals surface area contributed by atoms with Gasteiger partial charge in [-0.25, -0.2) is 4.99 Å². The molecule has 1 aliphatic rings. The SMILES string of the molecule is COc1cc(C=Nc2oc(-c3ccccc3)c(-c3ccccc3)c2C#N)cc(CN2CCOCC2)c1O. The lowest BCUT2D eigenvalue weighted by molar-refractivity contribution is 0.0338. The summed E-state index contributed by atoms with van der Waals surface area (Å²) in [6, 6.07) is 25.3. The molecule has 4 aromatic rings. The molecule has 0 bridgehead atoms. The van der Waals surface area contributed by atoms with Crippen LogP contribution in [0.15, 0.2) is 82.2 Å². The van der Waals surface area contributed by atoms with Gasteiger partial charge in [-0.15, -0.1) is 0 Å². The van der Waals surface area contributed by atoms with E-state index in [0.717, 1.165) is 35.3 Å². The number of rotatable bonds is 7. The van der Waals surface area contributed by atoms with Gasteiger partial charge in [-0.1, -0.05) is 60.7 Å². The first-order chi connectivity index (χ1) is 18.2. The molecule has 3 aromatic carbocycles. The zero-order valence-electron chi connectivity index (χ0n) is 20.6. The molecule has 0 atom stereocenters. The topological polar surface area (TPSA) is 91.2 Å². The highest BCUT2D eigenvalue weighted by Gasteiger charge is 2.23. The maximum atomic E-state index is 10.7. The molecule has 0 spiro atoms. The Morgan fingerprint density at radius 2 is 1.70 bits per heavy atom. The molecule has 0 unspecified atom stereocenters. The Morgan fingerprint density at radius 3 is 2.35 bits per heavy atom. The highest BCUT2D eigenvalue weighted by atomic mass is 16.5. The monoisotopic (exact) mass is 493 g/mol. The third kappa shape index (κ3) is 5.26. The highest BCUT2D eigenvalue weighted by molar-refractivity contribution is 5.90. The number of phenols is 1. The molecule has 7 heteroatoms. The molecule has 5 rings (SSSR count). The molecule has 1 N–H and O–H groups in total. The minimum atomic E-state index is 0.111. The molecule has 0 aliphatic carbocycles. The smallest absolute Gasteiger partial charge is 0.238 e. The van der Waals surface area contributed by atoms with Crippen LogP contribution in [0.5, 0.6) is 11.5 Å². The Bertz CT molecular complexity index is 1430. The Kier molecular flexibility index (Phi) is 7.31. The van der Waals surface area contributed by atoms with Crippen LogP contribution in [0.4, 0.5) is 5.88 Å². The number of aliphatic imine (C=N–C) groups is 1. The Labute approximate surface area is 215 Å². The van der Waals surface area contributed by atoms with E-state index in [4.69, 9.17) is 13.9 Å². The third-order valence-corrected chi connectivity index (χ3v) is 6.32. The standard InChI is InChI=1S/C30H27N3O4/c1-35-26-17-21(16-24(28(26)34)20-33-12-14-36-15-13-33)19-32-30-25(18-31)27(22-8-4-2-5-9-22)29(37-30)23-10-6-3-7-11-23/h2-11,16-17,19,34H,12-15,20H2,1H3. The van der Waals surface area contributed by atoms with Crippen molar-refractivity contribution in [2.24, 2.45) is 4.99 Å². The van der Waals surface area contributed by atoms with Gasteiger partial charge in [0.25, 0.3) is 0 Å². The summed E-state index contributed by atoms with van der Waals surface area (Å²) in [5.41, 5.74) is 4.26. The predicted molar refractivity (Wildman–Crippen MR) is 142 cm³/mol. The van der Waals surface area contributed by atoms with Crippen LogP contribution >= 0.6 is 0 Å². The van der Waals surface area contributed by atoms with Gasteiger partial charge in [0.2, 0.25) is 5.88 Å². The minimum Gasteiger partial charge on any atom is -0.504 e. The Balaban J connectivity index is 1.55. The zero-order valence-corrected chi connectivity index (χ0v) is 20.6. The molecule has 186 valence electrons. The quantitative estimate of drug-likeness (QED) is 0.328. The summed E-state index contributed by atoms with van der Waals surface area (Å²) < 4.78 is 17.1. The number of furan rings is 1. The van der Waals surface area contributed by atoms with Crippen LogP contribution in [-0.4, -0.2) is 49.6 Å². The first-order valence-electron chi connectivity index (χ1n) is 12.1. The number of ether oxygens (including phenoxy) is 2. The van der Waals surface area contributed by atoms with E-state index in [0.29, 0.717) is 42.4 Å². The lowest BCUT2D eigenvalue weighted by Crippen LogP contribution is -2.35. The molecule has 37 heavy (non-hydrogen) atoms. The van der Waals surface area contributed by atoms with Crippen molar-refractivity contribution in [3.05, 3.63) is 89.5 Å². The largest absolute Gasteiger partial charge is 0.504 e. The molecule has 2 heterocycles. The highest BCUT2D eigenvalue weighted by Crippen LogP contribution is 2.42. The first-order valence-corrected chi connectivity index (χ1v) is 12.1. The summed E-state index contributed by atoms with van der Waals surface area (Å²) in [4.78, 5) is 6.81. The summed E-state index contributed by atoms with van der Waals surface area (Å²) >= 11 is 0. The van der Waals surface area contributed by atoms with E-state index in [1.54, 1.807) is 12.3 Å². The number of morpholine rings is 1. The van der Waals surface area contributed by atoms with Crippen LogP contribution in [0, 0.1) is 11.3 Å². The summed E-state index contributed by atoms with van der Waals surface area (Å²) in [6.45, 7) is 3.49. The molecule has 1 aromatic heterocycles. The van der Waals surface area contributed by atoms with E-state index in [2.05, 4.69) is 16.0 Å². The van der Waals surface area contributed by atoms with Gasteiger partial charge in [0, 0.05) is 42.5 Å². The van der Waals surface area contributed by atoms with Crippen molar-refractivity contribution in [2.75, 3.05) is 33.4 Å². The molecule has 7 nitrogen and oxygen atoms in total. The van der Waals surface area contributed by atoms with Gasteiger partial charge in [0.15, 0.2) is 11.5 Å². The Hall–Kier alpha value is -4.38. The maximum absolute atomic E-state index is 10.7. The van der Waals surface area contributed by atoms with E-state index < -0.39 is 0 Å². The van der Waals surface area contributed by atoms with Crippen molar-refractivity contribution in [3.63, 3.8) is 0 Å². The second-order valence-electron chi connectivity index (χ2n) is 8.71. The van der Waals surface area contributed by atoms with Crippen molar-refractivity contribution in [1.29, 1.82) is 5.26 Å². The number of hydrogen-bond acceptors (Lipinski definition) is 7. The normalized spacial score (nSPS) is 14.1. The molecule has 1 fully saturated rings. The molecule has 1 saturated heterocycles.